The number of nitrogens with zero attached hydrogens (tertiary/aromatic N) is 14. The molecule has 11 aromatic rings. The molecule has 0 saturated heterocycles. The Morgan fingerprint density at radius 2 is 1.16 bits per heavy atom. The van der Waals surface area contributed by atoms with Gasteiger partial charge < -0.3 is 0 Å². The molecule has 0 amide bonds. The van der Waals surface area contributed by atoms with Gasteiger partial charge in [-0.2, -0.15) is 36.0 Å². The van der Waals surface area contributed by atoms with E-state index in [9.17, 15) is 22.0 Å². The number of aromatic amines is 2. The first-order chi connectivity index (χ1) is 36.0. The minimum absolute atomic E-state index is 0.249. The number of fused-ring (bicyclic) bond motifs is 5. The molecule has 368 valence electrons. The maximum Gasteiger partial charge on any atom is 0.190 e. The molecule has 16 nitrogen and oxygen atoms in total. The van der Waals surface area contributed by atoms with Crippen LogP contribution in [0.15, 0.2) is 107 Å². The van der Waals surface area contributed by atoms with Crippen LogP contribution in [-0.4, -0.2) is 54.7 Å². The lowest BCUT2D eigenvalue weighted by Gasteiger charge is -1.96. The number of hydrogen-bond donors (Lipinski definition) is 2. The molecular formula is C52H31Br2F5N16. The van der Waals surface area contributed by atoms with Gasteiger partial charge in [0.1, 0.15) is 60.4 Å². The van der Waals surface area contributed by atoms with E-state index in [1.165, 1.54) is 50.6 Å². The predicted molar refractivity (Wildman–Crippen MR) is 281 cm³/mol. The van der Waals surface area contributed by atoms with Crippen molar-refractivity contribution >= 4 is 122 Å². The molecule has 0 aliphatic carbocycles. The topological polar surface area (TPSA) is 184 Å². The molecule has 2 N–H and O–H groups in total. The zero-order chi connectivity index (χ0) is 54.1. The minimum atomic E-state index is -0.481. The van der Waals surface area contributed by atoms with Gasteiger partial charge in [-0.25, -0.2) is 36.5 Å². The molecule has 11 rings (SSSR count). The van der Waals surface area contributed by atoms with E-state index >= 15 is 0 Å². The minimum Gasteiger partial charge on any atom is -0.275 e. The highest BCUT2D eigenvalue weighted by molar-refractivity contribution is 9.10. The van der Waals surface area contributed by atoms with E-state index in [1.807, 2.05) is 30.3 Å². The second kappa shape index (κ2) is 23.1. The quantitative estimate of drug-likeness (QED) is 0.129. The van der Waals surface area contributed by atoms with Crippen LogP contribution in [0.5, 0.6) is 0 Å². The number of aromatic nitrogens is 11. The molecule has 0 fully saturated rings. The van der Waals surface area contributed by atoms with Crippen LogP contribution in [0.2, 0.25) is 0 Å². The van der Waals surface area contributed by atoms with Crippen molar-refractivity contribution in [2.75, 3.05) is 0 Å². The Morgan fingerprint density at radius 1 is 0.627 bits per heavy atom. The Balaban J connectivity index is 0.000000139. The SMILES string of the molecule is C=Cc1nn(C)c2c(F)cc(C#N)cc12.Cn1nc(/C=C/c2cccnc2)c2cc(C#N)cc(F)c21.[C-]#[N+]c1cc(F)c2[nH]ncc2c1.[C-]#[N+]c1cc(F)c2c(c1)c(Br)nn2C.[C-]#[N+]c1cc(F)c2n[nH]c(Br)c2c1. The predicted octanol–water partition coefficient (Wildman–Crippen LogP) is 13.7. The normalized spacial score (nSPS) is 10.5. The number of nitriles is 2. The fourth-order valence-corrected chi connectivity index (χ4v) is 8.29. The summed E-state index contributed by atoms with van der Waals surface area (Å²) in [7, 11) is 5.00. The first-order valence-corrected chi connectivity index (χ1v) is 22.8. The second-order valence-corrected chi connectivity index (χ2v) is 17.0. The average molecular weight is 1130 g/mol. The Bertz CT molecular complexity index is 4250. The summed E-state index contributed by atoms with van der Waals surface area (Å²) in [5, 5.41) is 45.7. The number of aryl methyl sites for hydroxylation is 3. The van der Waals surface area contributed by atoms with E-state index in [1.54, 1.807) is 76.0 Å². The van der Waals surface area contributed by atoms with Gasteiger partial charge in [0, 0.05) is 60.5 Å². The molecule has 0 spiro atoms. The highest BCUT2D eigenvalue weighted by atomic mass is 79.9. The van der Waals surface area contributed by atoms with Crippen molar-refractivity contribution in [2.45, 2.75) is 0 Å². The number of benzene rings is 5. The van der Waals surface area contributed by atoms with Crippen molar-refractivity contribution in [3.05, 3.63) is 199 Å². The monoisotopic (exact) mass is 1130 g/mol. The van der Waals surface area contributed by atoms with Gasteiger partial charge >= 0.3 is 0 Å². The number of rotatable bonds is 3. The number of H-pyrrole nitrogens is 2. The maximum atomic E-state index is 14.0. The number of hydrogen-bond acceptors (Lipinski definition) is 8. The average Bonchev–Trinajstić information content (AvgIpc) is 4.25. The molecule has 0 unspecified atom stereocenters. The summed E-state index contributed by atoms with van der Waals surface area (Å²) < 4.78 is 72.9. The van der Waals surface area contributed by atoms with Crippen LogP contribution < -0.4 is 0 Å². The molecule has 6 aromatic heterocycles. The molecule has 0 saturated carbocycles. The summed E-state index contributed by atoms with van der Waals surface area (Å²) in [4.78, 5) is 13.5. The molecular weight excluding hydrogens is 1100 g/mol. The fraction of sp³-hybridized carbons (Fsp3) is 0.0577. The van der Waals surface area contributed by atoms with Gasteiger partial charge in [0.15, 0.2) is 17.1 Å². The third-order valence-corrected chi connectivity index (χ3v) is 11.9. The summed E-state index contributed by atoms with van der Waals surface area (Å²) in [5.74, 6) is -2.22. The van der Waals surface area contributed by atoms with Crippen molar-refractivity contribution < 1.29 is 22.0 Å². The van der Waals surface area contributed by atoms with Gasteiger partial charge in [0.05, 0.1) is 66.1 Å². The molecule has 23 heteroatoms. The highest BCUT2D eigenvalue weighted by Gasteiger charge is 2.15. The van der Waals surface area contributed by atoms with Gasteiger partial charge in [-0.3, -0.25) is 29.2 Å². The number of halogens is 7. The van der Waals surface area contributed by atoms with E-state index in [4.69, 9.17) is 30.2 Å². The summed E-state index contributed by atoms with van der Waals surface area (Å²) in [6, 6.07) is 21.7. The summed E-state index contributed by atoms with van der Waals surface area (Å²) >= 11 is 6.39. The van der Waals surface area contributed by atoms with Crippen LogP contribution in [0.4, 0.5) is 39.0 Å². The van der Waals surface area contributed by atoms with Crippen LogP contribution in [-0.2, 0) is 21.1 Å². The van der Waals surface area contributed by atoms with Crippen LogP contribution in [0.3, 0.4) is 0 Å². The standard InChI is InChI=1S/C16H11FN4.C11H8FN3.C9H5BrFN3.C8H3BrFN3.C8H4FN3/c1-21-16-13(7-12(9-18)8-14(16)17)15(20-21)5-4-11-3-2-6-19-10-11;1-3-10-8-4-7(6-13)5-9(12)11(8)15(2)14-10;1-12-5-3-6-8(7(11)4-5)14(2)13-9(6)10;1-11-4-2-5-7(6(10)3-4)12-13-8(5)9;1-10-6-2-5-4-11-12-8(5)7(9)3-6/h2-8,10H,1H3;3-5H,1H2,2H3;3-4H,2H3;2-3H,(H,12,13);2-4H,(H,11,12)/b5-4+;;;;. The van der Waals surface area contributed by atoms with Crippen molar-refractivity contribution in [1.82, 2.24) is 54.7 Å². The Labute approximate surface area is 438 Å². The lowest BCUT2D eigenvalue weighted by Crippen LogP contribution is -1.92. The van der Waals surface area contributed by atoms with Crippen LogP contribution >= 0.6 is 31.9 Å². The number of nitrogens with one attached hydrogen (secondary N) is 2. The van der Waals surface area contributed by atoms with Crippen molar-refractivity contribution in [3.8, 4) is 12.1 Å². The van der Waals surface area contributed by atoms with Gasteiger partial charge in [-0.1, -0.05) is 18.7 Å². The highest BCUT2D eigenvalue weighted by Crippen LogP contribution is 2.31. The molecule has 0 atom stereocenters. The third-order valence-electron chi connectivity index (χ3n) is 10.7. The zero-order valence-electron chi connectivity index (χ0n) is 39.0. The van der Waals surface area contributed by atoms with Gasteiger partial charge in [-0.15, -0.1) is 0 Å². The third kappa shape index (κ3) is 11.6. The Kier molecular flexibility index (Phi) is 16.3. The molecule has 0 aliphatic rings. The van der Waals surface area contributed by atoms with Crippen LogP contribution in [0.1, 0.15) is 28.1 Å². The first kappa shape index (κ1) is 53.0. The molecule has 6 heterocycles. The smallest absolute Gasteiger partial charge is 0.190 e. The fourth-order valence-electron chi connectivity index (χ4n) is 7.36. The van der Waals surface area contributed by atoms with E-state index in [-0.39, 0.29) is 28.0 Å². The van der Waals surface area contributed by atoms with Crippen molar-refractivity contribution in [1.29, 1.82) is 10.5 Å². The summed E-state index contributed by atoms with van der Waals surface area (Å²) in [5.41, 5.74) is 5.33. The summed E-state index contributed by atoms with van der Waals surface area (Å²) in [6.45, 7) is 23.9. The van der Waals surface area contributed by atoms with Gasteiger partial charge in [-0.05, 0) is 116 Å². The lowest BCUT2D eigenvalue weighted by atomic mass is 10.1. The van der Waals surface area contributed by atoms with Gasteiger partial charge in [0.25, 0.3) is 0 Å². The Morgan fingerprint density at radius 3 is 1.75 bits per heavy atom. The maximum absolute atomic E-state index is 14.0. The Hall–Kier alpha value is -9.86. The first-order valence-electron chi connectivity index (χ1n) is 21.3. The molecule has 75 heavy (non-hydrogen) atoms. The van der Waals surface area contributed by atoms with Crippen LogP contribution in [0, 0.1) is 71.5 Å². The van der Waals surface area contributed by atoms with E-state index in [0.717, 1.165) is 5.56 Å². The van der Waals surface area contributed by atoms with Crippen LogP contribution in [0.25, 0.3) is 87.3 Å². The summed E-state index contributed by atoms with van der Waals surface area (Å²) in [6.07, 6.45) is 10.1. The largest absolute Gasteiger partial charge is 0.275 e. The van der Waals surface area contributed by atoms with Gasteiger partial charge in [0.2, 0.25) is 0 Å². The van der Waals surface area contributed by atoms with E-state index in [2.05, 4.69) is 93.6 Å². The lowest BCUT2D eigenvalue weighted by molar-refractivity contribution is 0.624. The van der Waals surface area contributed by atoms with Crippen molar-refractivity contribution in [3.63, 3.8) is 0 Å². The van der Waals surface area contributed by atoms with E-state index in [0.29, 0.717) is 75.3 Å². The van der Waals surface area contributed by atoms with E-state index < -0.39 is 29.1 Å². The number of pyridine rings is 1. The zero-order valence-corrected chi connectivity index (χ0v) is 42.2. The molecule has 0 radical (unpaired) electrons. The molecule has 0 bridgehead atoms. The molecule has 0 aliphatic heterocycles. The van der Waals surface area contributed by atoms with Crippen molar-refractivity contribution in [2.24, 2.45) is 21.1 Å². The molecule has 5 aromatic carbocycles. The second-order valence-electron chi connectivity index (χ2n) is 15.5.